The van der Waals surface area contributed by atoms with E-state index in [-0.39, 0.29) is 18.4 Å². The van der Waals surface area contributed by atoms with Crippen LogP contribution >= 0.6 is 23.2 Å². The summed E-state index contributed by atoms with van der Waals surface area (Å²) in [6.07, 6.45) is 2.58. The molecule has 172 valence electrons. The Labute approximate surface area is 200 Å². The van der Waals surface area contributed by atoms with E-state index in [4.69, 9.17) is 23.2 Å². The summed E-state index contributed by atoms with van der Waals surface area (Å²) in [4.78, 5) is 15.5. The van der Waals surface area contributed by atoms with Crippen LogP contribution in [0, 0.1) is 11.3 Å². The molecule has 0 unspecified atom stereocenters. The number of hydrogen-bond donors (Lipinski definition) is 2. The van der Waals surface area contributed by atoms with Gasteiger partial charge in [0.1, 0.15) is 0 Å². The predicted octanol–water partition coefficient (Wildman–Crippen LogP) is 5.75. The van der Waals surface area contributed by atoms with Gasteiger partial charge in [0.2, 0.25) is 5.91 Å². The highest BCUT2D eigenvalue weighted by Gasteiger charge is 2.59. The zero-order valence-corrected chi connectivity index (χ0v) is 20.3. The fourth-order valence-corrected chi connectivity index (χ4v) is 5.21. The molecule has 1 aliphatic heterocycles. The molecule has 1 heterocycles. The molecule has 0 aromatic heterocycles. The van der Waals surface area contributed by atoms with Gasteiger partial charge < -0.3 is 15.1 Å². The minimum absolute atomic E-state index is 0.0890. The molecule has 2 N–H and O–H groups in total. The normalized spacial score (nSPS) is 26.9. The Morgan fingerprint density at radius 3 is 2.38 bits per heavy atom. The number of hydrogen-bond acceptors (Lipinski definition) is 3. The molecule has 3 rings (SSSR count). The summed E-state index contributed by atoms with van der Waals surface area (Å²) in [5, 5.41) is 23.9. The number of allylic oxidation sites excluding steroid dienone is 1. The maximum absolute atomic E-state index is 14.0. The topological polar surface area (TPSA) is 60.8 Å². The average molecular weight is 476 g/mol. The Kier molecular flexibility index (Phi) is 7.41. The van der Waals surface area contributed by atoms with Crippen LogP contribution < -0.4 is 0 Å². The number of amides is 1. The first-order chi connectivity index (χ1) is 15.1. The largest absolute Gasteiger partial charge is 0.394 e. The number of nitrogens with zero attached hydrogens (tertiary/aromatic N) is 1. The fraction of sp³-hybridized carbons (Fsp3) is 0.423. The molecular weight excluding hydrogens is 445 g/mol. The van der Waals surface area contributed by atoms with E-state index in [2.05, 4.69) is 6.58 Å². The van der Waals surface area contributed by atoms with Gasteiger partial charge in [-0.2, -0.15) is 0 Å². The molecule has 0 saturated carbocycles. The molecule has 1 amide bonds. The average Bonchev–Trinajstić information content (AvgIpc) is 2.74. The molecule has 2 aromatic rings. The smallest absolute Gasteiger partial charge is 0.231 e. The third-order valence-electron chi connectivity index (χ3n) is 6.65. The highest BCUT2D eigenvalue weighted by molar-refractivity contribution is 6.30. The molecule has 0 aliphatic carbocycles. The lowest BCUT2D eigenvalue weighted by molar-refractivity contribution is -0.214. The summed E-state index contributed by atoms with van der Waals surface area (Å²) in [5.74, 6) is -0.785. The number of aliphatic hydroxyl groups is 2. The third kappa shape index (κ3) is 4.34. The summed E-state index contributed by atoms with van der Waals surface area (Å²) in [7, 11) is 0. The SMILES string of the molecule is C=CC[C@@]1(C)C[C@H](c2cccc(Cl)c2)[C@@](O)(c2ccc(Cl)cc2)N([C@H](CO)C(C)C)C1=O. The molecule has 4 nitrogen and oxygen atoms in total. The van der Waals surface area contributed by atoms with Crippen molar-refractivity contribution in [3.8, 4) is 0 Å². The van der Waals surface area contributed by atoms with Crippen molar-refractivity contribution in [2.75, 3.05) is 6.61 Å². The van der Waals surface area contributed by atoms with Crippen LogP contribution in [-0.2, 0) is 10.5 Å². The number of likely N-dealkylation sites (tertiary alicyclic amines) is 1. The molecule has 4 atom stereocenters. The summed E-state index contributed by atoms with van der Waals surface area (Å²) < 4.78 is 0. The quantitative estimate of drug-likeness (QED) is 0.500. The molecule has 2 aromatic carbocycles. The highest BCUT2D eigenvalue weighted by Crippen LogP contribution is 2.54. The summed E-state index contributed by atoms with van der Waals surface area (Å²) in [6.45, 7) is 9.36. The van der Waals surface area contributed by atoms with Crippen LogP contribution in [0.3, 0.4) is 0 Å². The minimum Gasteiger partial charge on any atom is -0.394 e. The van der Waals surface area contributed by atoms with Crippen LogP contribution in [-0.4, -0.2) is 33.7 Å². The summed E-state index contributed by atoms with van der Waals surface area (Å²) in [5.41, 5.74) is -1.14. The van der Waals surface area contributed by atoms with Crippen LogP contribution in [0.4, 0.5) is 0 Å². The number of rotatable bonds is 7. The molecule has 0 radical (unpaired) electrons. The van der Waals surface area contributed by atoms with E-state index in [1.165, 1.54) is 4.90 Å². The Balaban J connectivity index is 2.33. The number of carbonyl (C=O) groups excluding carboxylic acids is 1. The second-order valence-corrected chi connectivity index (χ2v) is 10.1. The maximum Gasteiger partial charge on any atom is 0.231 e. The number of halogens is 2. The fourth-order valence-electron chi connectivity index (χ4n) is 4.89. The molecule has 1 fully saturated rings. The lowest BCUT2D eigenvalue weighted by atomic mass is 9.65. The van der Waals surface area contributed by atoms with Crippen molar-refractivity contribution >= 4 is 29.1 Å². The second kappa shape index (κ2) is 9.56. The van der Waals surface area contributed by atoms with Crippen LogP contribution in [0.1, 0.15) is 50.7 Å². The first-order valence-electron chi connectivity index (χ1n) is 10.9. The predicted molar refractivity (Wildman–Crippen MR) is 130 cm³/mol. The van der Waals surface area contributed by atoms with Crippen LogP contribution in [0.25, 0.3) is 0 Å². The highest BCUT2D eigenvalue weighted by atomic mass is 35.5. The van der Waals surface area contributed by atoms with Crippen molar-refractivity contribution < 1.29 is 15.0 Å². The van der Waals surface area contributed by atoms with Crippen molar-refractivity contribution in [3.05, 3.63) is 82.4 Å². The van der Waals surface area contributed by atoms with E-state index < -0.39 is 23.1 Å². The first-order valence-corrected chi connectivity index (χ1v) is 11.6. The van der Waals surface area contributed by atoms with Crippen molar-refractivity contribution in [2.45, 2.75) is 51.3 Å². The molecule has 1 saturated heterocycles. The zero-order chi connectivity index (χ0) is 23.7. The van der Waals surface area contributed by atoms with Crippen molar-refractivity contribution in [1.29, 1.82) is 0 Å². The van der Waals surface area contributed by atoms with E-state index in [1.807, 2.05) is 39.0 Å². The van der Waals surface area contributed by atoms with Gasteiger partial charge in [-0.3, -0.25) is 4.79 Å². The summed E-state index contributed by atoms with van der Waals surface area (Å²) in [6, 6.07) is 13.7. The first kappa shape index (κ1) is 24.8. The number of aliphatic hydroxyl groups excluding tert-OH is 1. The maximum atomic E-state index is 14.0. The molecular formula is C26H31Cl2NO3. The van der Waals surface area contributed by atoms with Gasteiger partial charge in [-0.25, -0.2) is 0 Å². The Bertz CT molecular complexity index is 977. The van der Waals surface area contributed by atoms with E-state index in [1.54, 1.807) is 36.4 Å². The molecule has 0 bridgehead atoms. The van der Waals surface area contributed by atoms with Crippen LogP contribution in [0.15, 0.2) is 61.2 Å². The minimum atomic E-state index is -1.70. The Morgan fingerprint density at radius 1 is 1.19 bits per heavy atom. The van der Waals surface area contributed by atoms with E-state index in [0.717, 1.165) is 5.56 Å². The molecule has 6 heteroatoms. The molecule has 0 spiro atoms. The second-order valence-electron chi connectivity index (χ2n) is 9.27. The van der Waals surface area contributed by atoms with Gasteiger partial charge in [-0.05, 0) is 48.6 Å². The lowest BCUT2D eigenvalue weighted by Gasteiger charge is -2.57. The van der Waals surface area contributed by atoms with Gasteiger partial charge in [0.05, 0.1) is 18.1 Å². The lowest BCUT2D eigenvalue weighted by Crippen LogP contribution is -2.66. The van der Waals surface area contributed by atoms with Crippen LogP contribution in [0.5, 0.6) is 0 Å². The van der Waals surface area contributed by atoms with Gasteiger partial charge >= 0.3 is 0 Å². The van der Waals surface area contributed by atoms with E-state index >= 15 is 0 Å². The van der Waals surface area contributed by atoms with Crippen molar-refractivity contribution in [2.24, 2.45) is 11.3 Å². The monoisotopic (exact) mass is 475 g/mol. The number of carbonyl (C=O) groups is 1. The van der Waals surface area contributed by atoms with E-state index in [9.17, 15) is 15.0 Å². The van der Waals surface area contributed by atoms with Crippen molar-refractivity contribution in [3.63, 3.8) is 0 Å². The number of benzene rings is 2. The number of piperidine rings is 1. The molecule has 1 aliphatic rings. The van der Waals surface area contributed by atoms with Crippen LogP contribution in [0.2, 0.25) is 10.0 Å². The van der Waals surface area contributed by atoms with Crippen molar-refractivity contribution in [1.82, 2.24) is 4.90 Å². The summed E-state index contributed by atoms with van der Waals surface area (Å²) >= 11 is 12.5. The van der Waals surface area contributed by atoms with Gasteiger partial charge in [0, 0.05) is 21.5 Å². The van der Waals surface area contributed by atoms with Gasteiger partial charge in [-0.15, -0.1) is 6.58 Å². The molecule has 32 heavy (non-hydrogen) atoms. The zero-order valence-electron chi connectivity index (χ0n) is 18.8. The Hall–Kier alpha value is -1.85. The van der Waals surface area contributed by atoms with Gasteiger partial charge in [0.25, 0.3) is 0 Å². The van der Waals surface area contributed by atoms with Gasteiger partial charge in [-0.1, -0.05) is 74.3 Å². The third-order valence-corrected chi connectivity index (χ3v) is 7.13. The standard InChI is InChI=1S/C26H31Cl2NO3/c1-5-13-25(4)15-22(18-7-6-8-21(28)14-18)26(32,19-9-11-20(27)12-10-19)29(24(25)31)23(16-30)17(2)3/h5-12,14,17,22-23,30,32H,1,13,15-16H2,2-4H3/t22-,23-,25+,26+/m1/s1. The Morgan fingerprint density at radius 2 is 1.84 bits per heavy atom. The van der Waals surface area contributed by atoms with Gasteiger partial charge in [0.15, 0.2) is 5.72 Å². The van der Waals surface area contributed by atoms with E-state index in [0.29, 0.717) is 28.5 Å².